The number of para-hydroxylation sites is 1. The van der Waals surface area contributed by atoms with E-state index in [4.69, 9.17) is 11.6 Å². The van der Waals surface area contributed by atoms with Crippen molar-refractivity contribution in [3.05, 3.63) is 71.2 Å². The highest BCUT2D eigenvalue weighted by Gasteiger charge is 2.10. The Labute approximate surface area is 126 Å². The molecule has 2 N–H and O–H groups in total. The molecule has 1 amide bonds. The maximum Gasteiger partial charge on any atom is 0.255 e. The van der Waals surface area contributed by atoms with Gasteiger partial charge in [0.15, 0.2) is 0 Å². The van der Waals surface area contributed by atoms with Gasteiger partial charge in [-0.1, -0.05) is 35.9 Å². The Morgan fingerprint density at radius 2 is 1.71 bits per heavy atom. The monoisotopic (exact) mass is 297 g/mol. The topological polar surface area (TPSA) is 49.3 Å². The summed E-state index contributed by atoms with van der Waals surface area (Å²) in [6, 6.07) is 17.4. The molecule has 0 bridgehead atoms. The standard InChI is InChI=1S/C17H12ClNO2/c18-15-8-9-16(20)14-10-11(6-7-13(14)15)17(21)19-12-4-2-1-3-5-12/h1-10,20H,(H,19,21). The largest absolute Gasteiger partial charge is 0.507 e. The van der Waals surface area contributed by atoms with Crippen molar-refractivity contribution in [1.82, 2.24) is 0 Å². The number of anilines is 1. The molecule has 0 spiro atoms. The zero-order valence-electron chi connectivity index (χ0n) is 11.0. The van der Waals surface area contributed by atoms with Crippen LogP contribution in [0.4, 0.5) is 5.69 Å². The summed E-state index contributed by atoms with van der Waals surface area (Å²) >= 11 is 6.08. The molecule has 0 heterocycles. The van der Waals surface area contributed by atoms with E-state index < -0.39 is 0 Å². The number of hydrogen-bond acceptors (Lipinski definition) is 2. The molecular formula is C17H12ClNO2. The van der Waals surface area contributed by atoms with Gasteiger partial charge in [0.25, 0.3) is 5.91 Å². The molecule has 0 aliphatic carbocycles. The Kier molecular flexibility index (Phi) is 3.50. The number of carbonyl (C=O) groups is 1. The van der Waals surface area contributed by atoms with Crippen LogP contribution in [0.25, 0.3) is 10.8 Å². The van der Waals surface area contributed by atoms with Crippen LogP contribution in [0.3, 0.4) is 0 Å². The molecule has 104 valence electrons. The van der Waals surface area contributed by atoms with Crippen LogP contribution in [-0.4, -0.2) is 11.0 Å². The van der Waals surface area contributed by atoms with Crippen molar-refractivity contribution in [2.75, 3.05) is 5.32 Å². The second-order valence-corrected chi connectivity index (χ2v) is 5.05. The maximum absolute atomic E-state index is 12.2. The number of fused-ring (bicyclic) bond motifs is 1. The summed E-state index contributed by atoms with van der Waals surface area (Å²) in [4.78, 5) is 12.2. The lowest BCUT2D eigenvalue weighted by Crippen LogP contribution is -2.11. The predicted octanol–water partition coefficient (Wildman–Crippen LogP) is 4.45. The molecule has 3 nitrogen and oxygen atoms in total. The van der Waals surface area contributed by atoms with Gasteiger partial charge in [-0.25, -0.2) is 0 Å². The lowest BCUT2D eigenvalue weighted by atomic mass is 10.1. The Hall–Kier alpha value is -2.52. The fraction of sp³-hybridized carbons (Fsp3) is 0. The molecule has 3 aromatic carbocycles. The predicted molar refractivity (Wildman–Crippen MR) is 85.0 cm³/mol. The third-order valence-electron chi connectivity index (χ3n) is 3.23. The van der Waals surface area contributed by atoms with E-state index in [2.05, 4.69) is 5.32 Å². The Balaban J connectivity index is 1.98. The van der Waals surface area contributed by atoms with E-state index in [-0.39, 0.29) is 11.7 Å². The molecule has 0 fully saturated rings. The van der Waals surface area contributed by atoms with E-state index in [1.165, 1.54) is 6.07 Å². The summed E-state index contributed by atoms with van der Waals surface area (Å²) in [5, 5.41) is 14.5. The van der Waals surface area contributed by atoms with Crippen molar-refractivity contribution in [2.45, 2.75) is 0 Å². The van der Waals surface area contributed by atoms with Crippen molar-refractivity contribution in [2.24, 2.45) is 0 Å². The molecule has 0 saturated carbocycles. The Bertz CT molecular complexity index is 816. The summed E-state index contributed by atoms with van der Waals surface area (Å²) < 4.78 is 0. The highest BCUT2D eigenvalue weighted by molar-refractivity contribution is 6.35. The van der Waals surface area contributed by atoms with Crippen LogP contribution in [0, 0.1) is 0 Å². The summed E-state index contributed by atoms with van der Waals surface area (Å²) in [5.41, 5.74) is 1.18. The molecule has 0 unspecified atom stereocenters. The van der Waals surface area contributed by atoms with E-state index in [0.29, 0.717) is 21.4 Å². The maximum atomic E-state index is 12.2. The number of rotatable bonds is 2. The van der Waals surface area contributed by atoms with Crippen molar-refractivity contribution < 1.29 is 9.90 Å². The fourth-order valence-corrected chi connectivity index (χ4v) is 2.39. The smallest absolute Gasteiger partial charge is 0.255 e. The minimum atomic E-state index is -0.234. The van der Waals surface area contributed by atoms with Crippen LogP contribution in [0.15, 0.2) is 60.7 Å². The highest BCUT2D eigenvalue weighted by Crippen LogP contribution is 2.31. The summed E-state index contributed by atoms with van der Waals surface area (Å²) in [5.74, 6) is -0.133. The second kappa shape index (κ2) is 5.46. The third-order valence-corrected chi connectivity index (χ3v) is 3.56. The number of benzene rings is 3. The van der Waals surface area contributed by atoms with Gasteiger partial charge in [0, 0.05) is 27.0 Å². The average molecular weight is 298 g/mol. The minimum absolute atomic E-state index is 0.101. The highest BCUT2D eigenvalue weighted by atomic mass is 35.5. The molecule has 3 aromatic rings. The van der Waals surface area contributed by atoms with Crippen LogP contribution >= 0.6 is 11.6 Å². The Morgan fingerprint density at radius 1 is 0.952 bits per heavy atom. The first-order valence-electron chi connectivity index (χ1n) is 6.43. The molecular weight excluding hydrogens is 286 g/mol. The van der Waals surface area contributed by atoms with Crippen molar-refractivity contribution in [3.63, 3.8) is 0 Å². The first-order chi connectivity index (χ1) is 10.1. The van der Waals surface area contributed by atoms with Crippen molar-refractivity contribution >= 4 is 34.0 Å². The lowest BCUT2D eigenvalue weighted by molar-refractivity contribution is 0.102. The zero-order chi connectivity index (χ0) is 14.8. The fourth-order valence-electron chi connectivity index (χ4n) is 2.16. The molecule has 0 radical (unpaired) electrons. The number of nitrogens with one attached hydrogen (secondary N) is 1. The van der Waals surface area contributed by atoms with Gasteiger partial charge in [-0.15, -0.1) is 0 Å². The zero-order valence-corrected chi connectivity index (χ0v) is 11.8. The van der Waals surface area contributed by atoms with Gasteiger partial charge in [-0.2, -0.15) is 0 Å². The van der Waals surface area contributed by atoms with E-state index in [1.54, 1.807) is 24.3 Å². The number of amides is 1. The Morgan fingerprint density at radius 3 is 2.48 bits per heavy atom. The van der Waals surface area contributed by atoms with Gasteiger partial charge in [0.2, 0.25) is 0 Å². The number of hydrogen-bond donors (Lipinski definition) is 2. The van der Waals surface area contributed by atoms with E-state index in [1.807, 2.05) is 30.3 Å². The van der Waals surface area contributed by atoms with E-state index in [9.17, 15) is 9.90 Å². The van der Waals surface area contributed by atoms with Gasteiger partial charge >= 0.3 is 0 Å². The minimum Gasteiger partial charge on any atom is -0.507 e. The van der Waals surface area contributed by atoms with E-state index >= 15 is 0 Å². The van der Waals surface area contributed by atoms with Crippen LogP contribution in [-0.2, 0) is 0 Å². The van der Waals surface area contributed by atoms with Crippen LogP contribution in [0.1, 0.15) is 10.4 Å². The first kappa shape index (κ1) is 13.5. The molecule has 0 aromatic heterocycles. The average Bonchev–Trinajstić information content (AvgIpc) is 2.52. The van der Waals surface area contributed by atoms with Gasteiger partial charge in [-0.3, -0.25) is 4.79 Å². The van der Waals surface area contributed by atoms with Gasteiger partial charge in [0.1, 0.15) is 5.75 Å². The summed E-state index contributed by atoms with van der Waals surface area (Å²) in [7, 11) is 0. The number of aromatic hydroxyl groups is 1. The van der Waals surface area contributed by atoms with Gasteiger partial charge < -0.3 is 10.4 Å². The second-order valence-electron chi connectivity index (χ2n) is 4.65. The molecule has 4 heteroatoms. The third kappa shape index (κ3) is 2.69. The summed E-state index contributed by atoms with van der Waals surface area (Å²) in [6.45, 7) is 0. The van der Waals surface area contributed by atoms with Gasteiger partial charge in [-0.05, 0) is 36.4 Å². The van der Waals surface area contributed by atoms with E-state index in [0.717, 1.165) is 5.69 Å². The quantitative estimate of drug-likeness (QED) is 0.734. The first-order valence-corrected chi connectivity index (χ1v) is 6.80. The van der Waals surface area contributed by atoms with Gasteiger partial charge in [0.05, 0.1) is 0 Å². The molecule has 0 atom stereocenters. The number of phenols is 1. The molecule has 21 heavy (non-hydrogen) atoms. The molecule has 0 saturated heterocycles. The summed E-state index contributed by atoms with van der Waals surface area (Å²) in [6.07, 6.45) is 0. The SMILES string of the molecule is O=C(Nc1ccccc1)c1ccc2c(Cl)ccc(O)c2c1. The lowest BCUT2D eigenvalue weighted by Gasteiger charge is -2.08. The van der Waals surface area contributed by atoms with Crippen LogP contribution in [0.5, 0.6) is 5.75 Å². The normalized spacial score (nSPS) is 10.5. The van der Waals surface area contributed by atoms with Crippen molar-refractivity contribution in [1.29, 1.82) is 0 Å². The number of halogens is 1. The van der Waals surface area contributed by atoms with Crippen LogP contribution in [0.2, 0.25) is 5.02 Å². The molecule has 0 aliphatic heterocycles. The molecule has 3 rings (SSSR count). The number of phenolic OH excluding ortho intramolecular Hbond substituents is 1. The number of carbonyl (C=O) groups excluding carboxylic acids is 1. The van der Waals surface area contributed by atoms with Crippen molar-refractivity contribution in [3.8, 4) is 5.75 Å². The van der Waals surface area contributed by atoms with Crippen LogP contribution < -0.4 is 5.32 Å². The molecule has 0 aliphatic rings.